The Labute approximate surface area is 96.9 Å². The van der Waals surface area contributed by atoms with Crippen molar-refractivity contribution < 1.29 is 8.42 Å². The fraction of sp³-hybridized carbons (Fsp3) is 0.500. The normalized spacial score (nSPS) is 20.1. The van der Waals surface area contributed by atoms with Gasteiger partial charge >= 0.3 is 0 Å². The topological polar surface area (TPSA) is 46.2 Å². The maximum Gasteiger partial charge on any atom is 0.214 e. The molecule has 1 atom stereocenters. The Kier molecular flexibility index (Phi) is 3.04. The number of hydrogen-bond donors (Lipinski definition) is 1. The van der Waals surface area contributed by atoms with Crippen molar-refractivity contribution in [2.24, 2.45) is 0 Å². The van der Waals surface area contributed by atoms with Gasteiger partial charge in [-0.15, -0.1) is 0 Å². The molecule has 1 aliphatic carbocycles. The zero-order chi connectivity index (χ0) is 11.8. The Morgan fingerprint density at radius 2 is 2.00 bits per heavy atom. The van der Waals surface area contributed by atoms with Crippen LogP contribution in [0.15, 0.2) is 24.3 Å². The van der Waals surface area contributed by atoms with Gasteiger partial charge in [0.25, 0.3) is 0 Å². The van der Waals surface area contributed by atoms with Gasteiger partial charge in [-0.1, -0.05) is 24.3 Å². The molecule has 0 aromatic heterocycles. The monoisotopic (exact) mass is 239 g/mol. The molecule has 0 heterocycles. The molecule has 2 rings (SSSR count). The summed E-state index contributed by atoms with van der Waals surface area (Å²) in [4.78, 5) is 0. The van der Waals surface area contributed by atoms with Crippen molar-refractivity contribution in [1.29, 1.82) is 0 Å². The lowest BCUT2D eigenvalue weighted by Gasteiger charge is -2.16. The molecule has 3 nitrogen and oxygen atoms in total. The Balaban J connectivity index is 2.21. The fourth-order valence-electron chi connectivity index (χ4n) is 2.01. The summed E-state index contributed by atoms with van der Waals surface area (Å²) in [6.07, 6.45) is 1.83. The molecular formula is C12H17NO2S. The molecule has 0 amide bonds. The Morgan fingerprint density at radius 1 is 1.31 bits per heavy atom. The summed E-state index contributed by atoms with van der Waals surface area (Å²) in [7, 11) is -3.17. The third-order valence-electron chi connectivity index (χ3n) is 3.06. The van der Waals surface area contributed by atoms with E-state index in [0.717, 1.165) is 18.4 Å². The number of benzene rings is 1. The van der Waals surface area contributed by atoms with Crippen LogP contribution < -0.4 is 4.72 Å². The average Bonchev–Trinajstić information content (AvgIpc) is 2.61. The van der Waals surface area contributed by atoms with Crippen molar-refractivity contribution in [2.75, 3.05) is 0 Å². The zero-order valence-electron chi connectivity index (χ0n) is 9.60. The lowest BCUT2D eigenvalue weighted by atomic mass is 10.1. The molecule has 1 aromatic carbocycles. The van der Waals surface area contributed by atoms with E-state index in [9.17, 15) is 8.42 Å². The van der Waals surface area contributed by atoms with Gasteiger partial charge < -0.3 is 0 Å². The largest absolute Gasteiger partial charge is 0.214 e. The van der Waals surface area contributed by atoms with Crippen molar-refractivity contribution in [3.05, 3.63) is 35.4 Å². The van der Waals surface area contributed by atoms with E-state index in [1.54, 1.807) is 13.8 Å². The van der Waals surface area contributed by atoms with E-state index < -0.39 is 10.0 Å². The molecule has 0 fully saturated rings. The smallest absolute Gasteiger partial charge is 0.212 e. The summed E-state index contributed by atoms with van der Waals surface area (Å²) in [5.41, 5.74) is 2.39. The molecule has 0 spiro atoms. The van der Waals surface area contributed by atoms with E-state index in [0.29, 0.717) is 0 Å². The summed E-state index contributed by atoms with van der Waals surface area (Å²) >= 11 is 0. The van der Waals surface area contributed by atoms with Gasteiger partial charge in [-0.3, -0.25) is 0 Å². The van der Waals surface area contributed by atoms with Crippen LogP contribution in [-0.2, 0) is 16.4 Å². The Bertz CT molecular complexity index is 480. The van der Waals surface area contributed by atoms with Gasteiger partial charge in [-0.05, 0) is 37.8 Å². The average molecular weight is 239 g/mol. The summed E-state index contributed by atoms with van der Waals surface area (Å²) in [5, 5.41) is -0.375. The van der Waals surface area contributed by atoms with Gasteiger partial charge in [0.05, 0.1) is 5.25 Å². The van der Waals surface area contributed by atoms with Crippen molar-refractivity contribution >= 4 is 10.0 Å². The van der Waals surface area contributed by atoms with Crippen LogP contribution in [0.1, 0.15) is 37.4 Å². The maximum atomic E-state index is 11.8. The minimum atomic E-state index is -3.17. The van der Waals surface area contributed by atoms with Crippen LogP contribution in [0.3, 0.4) is 0 Å². The van der Waals surface area contributed by atoms with Crippen LogP contribution in [-0.4, -0.2) is 13.7 Å². The highest BCUT2D eigenvalue weighted by Gasteiger charge is 2.27. The molecule has 88 valence electrons. The van der Waals surface area contributed by atoms with E-state index in [1.807, 2.05) is 18.2 Å². The zero-order valence-corrected chi connectivity index (χ0v) is 10.4. The second-order valence-corrected chi connectivity index (χ2v) is 6.77. The third-order valence-corrected chi connectivity index (χ3v) is 4.91. The first-order valence-corrected chi connectivity index (χ1v) is 7.14. The van der Waals surface area contributed by atoms with Crippen LogP contribution in [0.25, 0.3) is 0 Å². The lowest BCUT2D eigenvalue weighted by Crippen LogP contribution is -2.33. The second-order valence-electron chi connectivity index (χ2n) is 4.50. The lowest BCUT2D eigenvalue weighted by molar-refractivity contribution is 0.546. The summed E-state index contributed by atoms with van der Waals surface area (Å²) < 4.78 is 26.4. The fourth-order valence-corrected chi connectivity index (χ4v) is 2.93. The first-order chi connectivity index (χ1) is 7.50. The van der Waals surface area contributed by atoms with Crippen molar-refractivity contribution in [3.63, 3.8) is 0 Å². The summed E-state index contributed by atoms with van der Waals surface area (Å²) in [6.45, 7) is 3.40. The molecule has 16 heavy (non-hydrogen) atoms. The van der Waals surface area contributed by atoms with Gasteiger partial charge in [0, 0.05) is 6.04 Å². The molecule has 1 aromatic rings. The van der Waals surface area contributed by atoms with Gasteiger partial charge in [0.15, 0.2) is 0 Å². The van der Waals surface area contributed by atoms with Gasteiger partial charge in [-0.2, -0.15) is 0 Å². The number of fused-ring (bicyclic) bond motifs is 1. The highest BCUT2D eigenvalue weighted by atomic mass is 32.2. The number of hydrogen-bond acceptors (Lipinski definition) is 2. The SMILES string of the molecule is CC(C)S(=O)(=O)NC1CCc2ccccc21. The molecule has 4 heteroatoms. The van der Waals surface area contributed by atoms with Crippen LogP contribution >= 0.6 is 0 Å². The van der Waals surface area contributed by atoms with Crippen molar-refractivity contribution in [3.8, 4) is 0 Å². The molecule has 1 aliphatic rings. The van der Waals surface area contributed by atoms with Crippen LogP contribution in [0.5, 0.6) is 0 Å². The third kappa shape index (κ3) is 2.13. The highest BCUT2D eigenvalue weighted by molar-refractivity contribution is 7.90. The quantitative estimate of drug-likeness (QED) is 0.877. The number of rotatable bonds is 3. The number of aryl methyl sites for hydroxylation is 1. The van der Waals surface area contributed by atoms with Crippen LogP contribution in [0, 0.1) is 0 Å². The number of sulfonamides is 1. The summed E-state index contributed by atoms with van der Waals surface area (Å²) in [5.74, 6) is 0. The van der Waals surface area contributed by atoms with Gasteiger partial charge in [0.1, 0.15) is 0 Å². The van der Waals surface area contributed by atoms with Gasteiger partial charge in [0.2, 0.25) is 10.0 Å². The first-order valence-electron chi connectivity index (χ1n) is 5.59. The number of nitrogens with one attached hydrogen (secondary N) is 1. The van der Waals surface area contributed by atoms with Crippen LogP contribution in [0.2, 0.25) is 0 Å². The minimum absolute atomic E-state index is 0.0383. The minimum Gasteiger partial charge on any atom is -0.212 e. The van der Waals surface area contributed by atoms with Crippen molar-refractivity contribution in [2.45, 2.75) is 38.0 Å². The van der Waals surface area contributed by atoms with E-state index in [4.69, 9.17) is 0 Å². The van der Waals surface area contributed by atoms with E-state index in [-0.39, 0.29) is 11.3 Å². The molecule has 1 unspecified atom stereocenters. The standard InChI is InChI=1S/C12H17NO2S/c1-9(2)16(14,15)13-12-8-7-10-5-3-4-6-11(10)12/h3-6,9,12-13H,7-8H2,1-2H3. The Hall–Kier alpha value is -0.870. The first kappa shape index (κ1) is 11.6. The molecular weight excluding hydrogens is 222 g/mol. The second kappa shape index (κ2) is 4.18. The van der Waals surface area contributed by atoms with E-state index >= 15 is 0 Å². The van der Waals surface area contributed by atoms with E-state index in [2.05, 4.69) is 10.8 Å². The molecule has 1 N–H and O–H groups in total. The van der Waals surface area contributed by atoms with E-state index in [1.165, 1.54) is 5.56 Å². The summed E-state index contributed by atoms with van der Waals surface area (Å²) in [6, 6.07) is 8.00. The maximum absolute atomic E-state index is 11.8. The molecule has 0 saturated heterocycles. The highest BCUT2D eigenvalue weighted by Crippen LogP contribution is 2.31. The molecule has 0 bridgehead atoms. The van der Waals surface area contributed by atoms with Crippen LogP contribution in [0.4, 0.5) is 0 Å². The van der Waals surface area contributed by atoms with Gasteiger partial charge in [-0.25, -0.2) is 13.1 Å². The van der Waals surface area contributed by atoms with Crippen molar-refractivity contribution in [1.82, 2.24) is 4.72 Å². The molecule has 0 aliphatic heterocycles. The predicted molar refractivity (Wildman–Crippen MR) is 64.7 cm³/mol. The molecule has 0 radical (unpaired) electrons. The molecule has 0 saturated carbocycles. The predicted octanol–water partition coefficient (Wildman–Crippen LogP) is 2.00. The Morgan fingerprint density at radius 3 is 2.69 bits per heavy atom.